The van der Waals surface area contributed by atoms with Gasteiger partial charge in [-0.25, -0.2) is 8.42 Å². The Hall–Kier alpha value is -1.74. The van der Waals surface area contributed by atoms with E-state index in [2.05, 4.69) is 10.4 Å². The van der Waals surface area contributed by atoms with E-state index in [1.165, 1.54) is 37.8 Å². The first-order valence-electron chi connectivity index (χ1n) is 5.52. The van der Waals surface area contributed by atoms with E-state index in [0.29, 0.717) is 0 Å². The van der Waals surface area contributed by atoms with Gasteiger partial charge in [0.1, 0.15) is 5.54 Å². The summed E-state index contributed by atoms with van der Waals surface area (Å²) in [7, 11) is -2.49. The molecule has 0 aliphatic carbocycles. The zero-order valence-electron chi connectivity index (χ0n) is 10.7. The molecule has 1 saturated heterocycles. The number of piperazine rings is 1. The standard InChI is InChI=1S/C10H14N4O4S/c1-10(2)9(16)12-7(15)6-14(10)19(17,18)8-4-5-11-13(8)3/h4-5H,6H2,1-3H3,(H,12,15,16). The molecule has 0 atom stereocenters. The summed E-state index contributed by atoms with van der Waals surface area (Å²) in [5.41, 5.74) is -1.34. The minimum atomic E-state index is -3.97. The molecular weight excluding hydrogens is 272 g/mol. The van der Waals surface area contributed by atoms with Crippen LogP contribution in [0.2, 0.25) is 0 Å². The van der Waals surface area contributed by atoms with Crippen molar-refractivity contribution in [3.63, 3.8) is 0 Å². The number of amides is 2. The molecule has 0 bridgehead atoms. The Kier molecular flexibility index (Phi) is 2.98. The van der Waals surface area contributed by atoms with Crippen LogP contribution >= 0.6 is 0 Å². The van der Waals surface area contributed by atoms with Gasteiger partial charge in [-0.05, 0) is 19.9 Å². The molecule has 0 unspecified atom stereocenters. The summed E-state index contributed by atoms with van der Waals surface area (Å²) in [6.45, 7) is 2.50. The van der Waals surface area contributed by atoms with Gasteiger partial charge in [-0.1, -0.05) is 0 Å². The predicted octanol–water partition coefficient (Wildman–Crippen LogP) is -1.15. The maximum atomic E-state index is 12.5. The number of rotatable bonds is 2. The molecule has 1 aromatic rings. The van der Waals surface area contributed by atoms with Crippen molar-refractivity contribution in [2.24, 2.45) is 7.05 Å². The SMILES string of the molecule is Cn1nccc1S(=O)(=O)N1CC(=O)NC(=O)C1(C)C. The Labute approximate surface area is 110 Å². The van der Waals surface area contributed by atoms with E-state index < -0.39 is 33.9 Å². The molecule has 0 aromatic carbocycles. The van der Waals surface area contributed by atoms with Crippen LogP contribution in [-0.2, 0) is 26.7 Å². The summed E-state index contributed by atoms with van der Waals surface area (Å²) >= 11 is 0. The number of nitrogens with zero attached hydrogens (tertiary/aromatic N) is 3. The Balaban J connectivity index is 2.53. The highest BCUT2D eigenvalue weighted by Gasteiger charge is 2.48. The minimum Gasteiger partial charge on any atom is -0.294 e. The third-order valence-corrected chi connectivity index (χ3v) is 5.14. The van der Waals surface area contributed by atoms with E-state index in [1.54, 1.807) is 0 Å². The van der Waals surface area contributed by atoms with Crippen molar-refractivity contribution in [3.05, 3.63) is 12.3 Å². The summed E-state index contributed by atoms with van der Waals surface area (Å²) < 4.78 is 27.1. The average Bonchev–Trinajstić information content (AvgIpc) is 2.70. The van der Waals surface area contributed by atoms with Crippen LogP contribution in [0.3, 0.4) is 0 Å². The van der Waals surface area contributed by atoms with Crippen LogP contribution in [0.25, 0.3) is 0 Å². The van der Waals surface area contributed by atoms with E-state index in [0.717, 1.165) is 4.31 Å². The lowest BCUT2D eigenvalue weighted by Crippen LogP contribution is -2.65. The molecule has 2 rings (SSSR count). The van der Waals surface area contributed by atoms with Crippen LogP contribution in [0, 0.1) is 0 Å². The molecule has 8 nitrogen and oxygen atoms in total. The second kappa shape index (κ2) is 4.14. The van der Waals surface area contributed by atoms with E-state index in [4.69, 9.17) is 0 Å². The number of nitrogens with one attached hydrogen (secondary N) is 1. The second-order valence-corrected chi connectivity index (χ2v) is 6.55. The normalized spacial score (nSPS) is 20.4. The van der Waals surface area contributed by atoms with Gasteiger partial charge in [0.05, 0.1) is 12.7 Å². The Bertz CT molecular complexity index is 646. The third kappa shape index (κ3) is 2.04. The zero-order valence-corrected chi connectivity index (χ0v) is 11.6. The first-order valence-corrected chi connectivity index (χ1v) is 6.96. The number of imide groups is 1. The van der Waals surface area contributed by atoms with Gasteiger partial charge < -0.3 is 0 Å². The van der Waals surface area contributed by atoms with Crippen molar-refractivity contribution >= 4 is 21.8 Å². The molecule has 1 N–H and O–H groups in total. The lowest BCUT2D eigenvalue weighted by Gasteiger charge is -2.38. The number of carbonyl (C=O) groups excluding carboxylic acids is 2. The van der Waals surface area contributed by atoms with Gasteiger partial charge >= 0.3 is 0 Å². The molecule has 0 saturated carbocycles. The third-order valence-electron chi connectivity index (χ3n) is 3.05. The Morgan fingerprint density at radius 2 is 2.00 bits per heavy atom. The molecule has 1 aliphatic heterocycles. The van der Waals surface area contributed by atoms with Crippen molar-refractivity contribution in [1.82, 2.24) is 19.4 Å². The maximum absolute atomic E-state index is 12.5. The van der Waals surface area contributed by atoms with Crippen LogP contribution in [0.5, 0.6) is 0 Å². The number of hydrogen-bond acceptors (Lipinski definition) is 5. The molecule has 2 heterocycles. The van der Waals surface area contributed by atoms with Gasteiger partial charge in [0.2, 0.25) is 11.8 Å². The molecule has 19 heavy (non-hydrogen) atoms. The number of sulfonamides is 1. The maximum Gasteiger partial charge on any atom is 0.261 e. The summed E-state index contributed by atoms with van der Waals surface area (Å²) in [6, 6.07) is 1.32. The topological polar surface area (TPSA) is 101 Å². The highest BCUT2D eigenvalue weighted by atomic mass is 32.2. The first kappa shape index (κ1) is 13.7. The summed E-state index contributed by atoms with van der Waals surface area (Å²) in [5.74, 6) is -1.29. The lowest BCUT2D eigenvalue weighted by molar-refractivity contribution is -0.141. The van der Waals surface area contributed by atoms with Crippen LogP contribution < -0.4 is 5.32 Å². The van der Waals surface area contributed by atoms with Crippen molar-refractivity contribution in [3.8, 4) is 0 Å². The van der Waals surface area contributed by atoms with Crippen molar-refractivity contribution < 1.29 is 18.0 Å². The largest absolute Gasteiger partial charge is 0.294 e. The first-order chi connectivity index (χ1) is 8.67. The smallest absolute Gasteiger partial charge is 0.261 e. The molecule has 0 radical (unpaired) electrons. The number of aromatic nitrogens is 2. The molecule has 9 heteroatoms. The summed E-state index contributed by atoms with van der Waals surface area (Å²) in [4.78, 5) is 23.2. The summed E-state index contributed by atoms with van der Waals surface area (Å²) in [5, 5.41) is 5.85. The number of hydrogen-bond donors (Lipinski definition) is 1. The highest BCUT2D eigenvalue weighted by Crippen LogP contribution is 2.26. The highest BCUT2D eigenvalue weighted by molar-refractivity contribution is 7.89. The Morgan fingerprint density at radius 1 is 1.37 bits per heavy atom. The van der Waals surface area contributed by atoms with E-state index in [9.17, 15) is 18.0 Å². The van der Waals surface area contributed by atoms with Crippen LogP contribution in [0.1, 0.15) is 13.8 Å². The van der Waals surface area contributed by atoms with E-state index in [-0.39, 0.29) is 5.03 Å². The van der Waals surface area contributed by atoms with Gasteiger partial charge in [0.15, 0.2) is 5.03 Å². The van der Waals surface area contributed by atoms with Crippen LogP contribution in [-0.4, -0.2) is 46.4 Å². The summed E-state index contributed by atoms with van der Waals surface area (Å²) in [6.07, 6.45) is 1.34. The van der Waals surface area contributed by atoms with E-state index >= 15 is 0 Å². The lowest BCUT2D eigenvalue weighted by atomic mass is 10.0. The molecule has 2 amide bonds. The van der Waals surface area contributed by atoms with Gasteiger partial charge in [-0.2, -0.15) is 9.40 Å². The van der Waals surface area contributed by atoms with Gasteiger partial charge in [-0.3, -0.25) is 19.6 Å². The fourth-order valence-electron chi connectivity index (χ4n) is 1.87. The van der Waals surface area contributed by atoms with Crippen LogP contribution in [0.15, 0.2) is 17.3 Å². The Morgan fingerprint density at radius 3 is 2.53 bits per heavy atom. The van der Waals surface area contributed by atoms with Gasteiger partial charge in [-0.15, -0.1) is 0 Å². The van der Waals surface area contributed by atoms with Crippen molar-refractivity contribution in [1.29, 1.82) is 0 Å². The molecule has 1 aliphatic rings. The molecular formula is C10H14N4O4S. The molecule has 1 fully saturated rings. The fourth-order valence-corrected chi connectivity index (χ4v) is 3.68. The van der Waals surface area contributed by atoms with Crippen molar-refractivity contribution in [2.75, 3.05) is 6.54 Å². The number of aryl methyl sites for hydroxylation is 1. The van der Waals surface area contributed by atoms with Gasteiger partial charge in [0.25, 0.3) is 10.0 Å². The zero-order chi connectivity index (χ0) is 14.4. The van der Waals surface area contributed by atoms with E-state index in [1.807, 2.05) is 0 Å². The molecule has 0 spiro atoms. The van der Waals surface area contributed by atoms with Crippen molar-refractivity contribution in [2.45, 2.75) is 24.4 Å². The van der Waals surface area contributed by atoms with Gasteiger partial charge in [0, 0.05) is 7.05 Å². The van der Waals surface area contributed by atoms with Crippen LogP contribution in [0.4, 0.5) is 0 Å². The minimum absolute atomic E-state index is 0.0666. The predicted molar refractivity (Wildman–Crippen MR) is 64.3 cm³/mol. The quantitative estimate of drug-likeness (QED) is 0.691. The monoisotopic (exact) mass is 286 g/mol. The number of carbonyl (C=O) groups is 2. The average molecular weight is 286 g/mol. The second-order valence-electron chi connectivity index (χ2n) is 4.74. The molecule has 104 valence electrons. The molecule has 1 aromatic heterocycles. The fraction of sp³-hybridized carbons (Fsp3) is 0.500.